The maximum absolute atomic E-state index is 12.6. The number of para-hydroxylation sites is 1. The normalized spacial score (nSPS) is 25.2. The van der Waals surface area contributed by atoms with Gasteiger partial charge in [-0.05, 0) is 37.3 Å². The van der Waals surface area contributed by atoms with Gasteiger partial charge >= 0.3 is 0 Å². The molecule has 1 heterocycles. The summed E-state index contributed by atoms with van der Waals surface area (Å²) in [6.07, 6.45) is 1.27. The van der Waals surface area contributed by atoms with Crippen LogP contribution < -0.4 is 4.90 Å². The van der Waals surface area contributed by atoms with Gasteiger partial charge in [0.25, 0.3) is 0 Å². The Morgan fingerprint density at radius 2 is 1.75 bits per heavy atom. The number of likely N-dealkylation sites (N-methyl/N-ethyl adjacent to an activating group) is 1. The number of piperidine rings is 1. The number of benzene rings is 1. The molecule has 0 spiro atoms. The minimum atomic E-state index is -0.0505. The van der Waals surface area contributed by atoms with Gasteiger partial charge in [-0.1, -0.05) is 32.0 Å². The maximum atomic E-state index is 12.6. The summed E-state index contributed by atoms with van der Waals surface area (Å²) in [6.45, 7) is 8.65. The lowest BCUT2D eigenvalue weighted by Crippen LogP contribution is -2.51. The predicted octanol–water partition coefficient (Wildman–Crippen LogP) is 3.02. The topological polar surface area (TPSA) is 23.6 Å². The summed E-state index contributed by atoms with van der Waals surface area (Å²) >= 11 is 0. The number of amides is 1. The molecule has 20 heavy (non-hydrogen) atoms. The summed E-state index contributed by atoms with van der Waals surface area (Å²) in [6, 6.07) is 9.81. The largest absolute Gasteiger partial charge is 0.314 e. The molecular weight excluding hydrogens is 248 g/mol. The number of rotatable bonds is 3. The Kier molecular flexibility index (Phi) is 4.81. The molecule has 1 fully saturated rings. The van der Waals surface area contributed by atoms with Crippen LogP contribution in [-0.4, -0.2) is 37.0 Å². The molecule has 3 atom stereocenters. The standard InChI is InChI=1S/C17H26N2O/c1-13-10-14(2)12-19(11-13)15(3)17(20)18(4)16-8-6-5-7-9-16/h5-9,13-15H,10-12H2,1-4H3. The van der Waals surface area contributed by atoms with Gasteiger partial charge in [-0.15, -0.1) is 0 Å². The van der Waals surface area contributed by atoms with Gasteiger partial charge in [0.1, 0.15) is 0 Å². The van der Waals surface area contributed by atoms with E-state index in [0.717, 1.165) is 18.8 Å². The SMILES string of the molecule is CC1CC(C)CN(C(C)C(=O)N(C)c2ccccc2)C1. The van der Waals surface area contributed by atoms with Gasteiger partial charge in [-0.2, -0.15) is 0 Å². The van der Waals surface area contributed by atoms with Gasteiger partial charge in [-0.25, -0.2) is 0 Å². The van der Waals surface area contributed by atoms with Crippen molar-refractivity contribution in [2.24, 2.45) is 11.8 Å². The minimum absolute atomic E-state index is 0.0505. The second kappa shape index (κ2) is 6.40. The van der Waals surface area contributed by atoms with Gasteiger partial charge < -0.3 is 4.90 Å². The van der Waals surface area contributed by atoms with Gasteiger partial charge in [0.2, 0.25) is 5.91 Å². The van der Waals surface area contributed by atoms with Crippen LogP contribution in [0.5, 0.6) is 0 Å². The molecular formula is C17H26N2O. The number of nitrogens with zero attached hydrogens (tertiary/aromatic N) is 2. The first-order valence-electron chi connectivity index (χ1n) is 7.55. The smallest absolute Gasteiger partial charge is 0.243 e. The van der Waals surface area contributed by atoms with Gasteiger partial charge in [0, 0.05) is 25.8 Å². The average Bonchev–Trinajstić information content (AvgIpc) is 2.45. The lowest BCUT2D eigenvalue weighted by Gasteiger charge is -2.39. The van der Waals surface area contributed by atoms with Crippen LogP contribution in [0, 0.1) is 11.8 Å². The Bertz CT molecular complexity index is 436. The van der Waals surface area contributed by atoms with Crippen LogP contribution in [0.1, 0.15) is 27.2 Å². The van der Waals surface area contributed by atoms with E-state index >= 15 is 0 Å². The summed E-state index contributed by atoms with van der Waals surface area (Å²) in [7, 11) is 1.87. The van der Waals surface area contributed by atoms with E-state index in [2.05, 4.69) is 18.7 Å². The Hall–Kier alpha value is -1.35. The van der Waals surface area contributed by atoms with E-state index in [1.54, 1.807) is 4.90 Å². The highest BCUT2D eigenvalue weighted by Gasteiger charge is 2.30. The minimum Gasteiger partial charge on any atom is -0.314 e. The molecule has 0 saturated carbocycles. The van der Waals surface area contributed by atoms with Crippen molar-refractivity contribution in [3.8, 4) is 0 Å². The molecule has 0 N–H and O–H groups in total. The van der Waals surface area contributed by atoms with E-state index in [0.29, 0.717) is 11.8 Å². The van der Waals surface area contributed by atoms with Crippen molar-refractivity contribution in [2.45, 2.75) is 33.2 Å². The third-order valence-corrected chi connectivity index (χ3v) is 4.28. The van der Waals surface area contributed by atoms with Crippen molar-refractivity contribution in [1.29, 1.82) is 0 Å². The van der Waals surface area contributed by atoms with E-state index in [9.17, 15) is 4.79 Å². The number of hydrogen-bond donors (Lipinski definition) is 0. The van der Waals surface area contributed by atoms with E-state index in [1.807, 2.05) is 44.3 Å². The highest BCUT2D eigenvalue weighted by atomic mass is 16.2. The highest BCUT2D eigenvalue weighted by molar-refractivity contribution is 5.96. The molecule has 1 amide bonds. The second-order valence-electron chi connectivity index (χ2n) is 6.31. The Morgan fingerprint density at radius 1 is 1.20 bits per heavy atom. The van der Waals surface area contributed by atoms with Crippen LogP contribution in [-0.2, 0) is 4.79 Å². The summed E-state index contributed by atoms with van der Waals surface area (Å²) in [5.41, 5.74) is 0.961. The zero-order chi connectivity index (χ0) is 14.7. The lowest BCUT2D eigenvalue weighted by atomic mass is 9.91. The molecule has 1 aliphatic heterocycles. The molecule has 0 bridgehead atoms. The van der Waals surface area contributed by atoms with Crippen molar-refractivity contribution in [2.75, 3.05) is 25.0 Å². The average molecular weight is 274 g/mol. The van der Waals surface area contributed by atoms with E-state index in [-0.39, 0.29) is 11.9 Å². The summed E-state index contributed by atoms with van der Waals surface area (Å²) in [5.74, 6) is 1.53. The fraction of sp³-hybridized carbons (Fsp3) is 0.588. The first kappa shape index (κ1) is 15.0. The van der Waals surface area contributed by atoms with Crippen LogP contribution >= 0.6 is 0 Å². The van der Waals surface area contributed by atoms with Gasteiger partial charge in [0.05, 0.1) is 6.04 Å². The molecule has 3 nitrogen and oxygen atoms in total. The maximum Gasteiger partial charge on any atom is 0.243 e. The molecule has 110 valence electrons. The molecule has 1 saturated heterocycles. The first-order valence-corrected chi connectivity index (χ1v) is 7.55. The molecule has 2 rings (SSSR count). The van der Waals surface area contributed by atoms with Crippen LogP contribution in [0.25, 0.3) is 0 Å². The number of likely N-dealkylation sites (tertiary alicyclic amines) is 1. The third-order valence-electron chi connectivity index (χ3n) is 4.28. The van der Waals surface area contributed by atoms with Crippen LogP contribution in [0.3, 0.4) is 0 Å². The van der Waals surface area contributed by atoms with Crippen molar-refractivity contribution in [1.82, 2.24) is 4.90 Å². The van der Waals surface area contributed by atoms with E-state index < -0.39 is 0 Å². The Morgan fingerprint density at radius 3 is 2.30 bits per heavy atom. The molecule has 0 radical (unpaired) electrons. The third kappa shape index (κ3) is 3.40. The summed E-state index contributed by atoms with van der Waals surface area (Å²) in [4.78, 5) is 16.7. The van der Waals surface area contributed by atoms with Crippen LogP contribution in [0.4, 0.5) is 5.69 Å². The number of carbonyl (C=O) groups is 1. The van der Waals surface area contributed by atoms with Crippen molar-refractivity contribution in [3.05, 3.63) is 30.3 Å². The van der Waals surface area contributed by atoms with Crippen molar-refractivity contribution in [3.63, 3.8) is 0 Å². The van der Waals surface area contributed by atoms with Gasteiger partial charge in [-0.3, -0.25) is 9.69 Å². The zero-order valence-electron chi connectivity index (χ0n) is 13.0. The molecule has 3 heteroatoms. The van der Waals surface area contributed by atoms with Crippen LogP contribution in [0.2, 0.25) is 0 Å². The van der Waals surface area contributed by atoms with Crippen LogP contribution in [0.15, 0.2) is 30.3 Å². The number of carbonyl (C=O) groups excluding carboxylic acids is 1. The molecule has 0 aliphatic carbocycles. The second-order valence-corrected chi connectivity index (χ2v) is 6.31. The molecule has 0 aromatic heterocycles. The molecule has 1 aliphatic rings. The van der Waals surface area contributed by atoms with Crippen molar-refractivity contribution < 1.29 is 4.79 Å². The lowest BCUT2D eigenvalue weighted by molar-refractivity contribution is -0.124. The summed E-state index contributed by atoms with van der Waals surface area (Å²) < 4.78 is 0. The molecule has 1 aromatic carbocycles. The molecule has 1 aromatic rings. The quantitative estimate of drug-likeness (QED) is 0.846. The zero-order valence-corrected chi connectivity index (χ0v) is 13.0. The number of hydrogen-bond acceptors (Lipinski definition) is 2. The highest BCUT2D eigenvalue weighted by Crippen LogP contribution is 2.23. The fourth-order valence-electron chi connectivity index (χ4n) is 3.24. The Balaban J connectivity index is 2.04. The predicted molar refractivity (Wildman–Crippen MR) is 83.8 cm³/mol. The van der Waals surface area contributed by atoms with E-state index in [4.69, 9.17) is 0 Å². The van der Waals surface area contributed by atoms with E-state index in [1.165, 1.54) is 6.42 Å². The fourth-order valence-corrected chi connectivity index (χ4v) is 3.24. The Labute approximate surface area is 122 Å². The van der Waals surface area contributed by atoms with Crippen molar-refractivity contribution >= 4 is 11.6 Å². The number of anilines is 1. The van der Waals surface area contributed by atoms with Gasteiger partial charge in [0.15, 0.2) is 0 Å². The molecule has 3 unspecified atom stereocenters. The summed E-state index contributed by atoms with van der Waals surface area (Å²) in [5, 5.41) is 0. The monoisotopic (exact) mass is 274 g/mol. The first-order chi connectivity index (χ1) is 9.49.